The fraction of sp³-hybridized carbons (Fsp3) is 0.476. The Balaban J connectivity index is 0.00000225. The number of nitrogens with one attached hydrogen (secondary N) is 1. The second-order valence-electron chi connectivity index (χ2n) is 7.26. The zero-order valence-corrected chi connectivity index (χ0v) is 19.3. The molecule has 0 saturated carbocycles. The van der Waals surface area contributed by atoms with Crippen LogP contribution in [0, 0.1) is 0 Å². The number of likely N-dealkylation sites (N-methyl/N-ethyl adjacent to an activating group) is 1. The Labute approximate surface area is 190 Å². The Morgan fingerprint density at radius 3 is 2.57 bits per heavy atom. The Hall–Kier alpha value is -2.09. The molecule has 1 aliphatic rings. The van der Waals surface area contributed by atoms with Crippen LogP contribution in [-0.4, -0.2) is 64.6 Å². The molecule has 166 valence electrons. The van der Waals surface area contributed by atoms with Crippen molar-refractivity contribution < 1.29 is 9.59 Å². The molecule has 1 aliphatic heterocycles. The van der Waals surface area contributed by atoms with Crippen molar-refractivity contribution in [3.05, 3.63) is 53.9 Å². The average Bonchev–Trinajstić information content (AvgIpc) is 3.27. The molecule has 2 unspecified atom stereocenters. The summed E-state index contributed by atoms with van der Waals surface area (Å²) in [4.78, 5) is 29.1. The van der Waals surface area contributed by atoms with Gasteiger partial charge in [0.15, 0.2) is 0 Å². The topological polar surface area (TPSA) is 70.5 Å². The first-order valence-corrected chi connectivity index (χ1v) is 9.84. The van der Waals surface area contributed by atoms with Gasteiger partial charge in [-0.05, 0) is 30.5 Å². The van der Waals surface area contributed by atoms with Gasteiger partial charge in [0.2, 0.25) is 11.8 Å². The van der Waals surface area contributed by atoms with E-state index in [1.165, 1.54) is 10.5 Å². The summed E-state index contributed by atoms with van der Waals surface area (Å²) in [6.07, 6.45) is 4.39. The number of carbonyl (C=O) groups is 2. The third kappa shape index (κ3) is 5.97. The van der Waals surface area contributed by atoms with Gasteiger partial charge in [-0.3, -0.25) is 14.3 Å². The third-order valence-corrected chi connectivity index (χ3v) is 5.36. The van der Waals surface area contributed by atoms with Gasteiger partial charge in [0.25, 0.3) is 0 Å². The SMILES string of the molecule is CCc1ccc(C2CNCCN2C(=O)CN(C)C(=O)C(C)n2cccn2)cc1.Cl.Cl. The van der Waals surface area contributed by atoms with E-state index >= 15 is 0 Å². The van der Waals surface area contributed by atoms with Crippen LogP contribution in [0.5, 0.6) is 0 Å². The number of halogens is 2. The molecule has 2 atom stereocenters. The van der Waals surface area contributed by atoms with Gasteiger partial charge in [-0.2, -0.15) is 5.10 Å². The number of benzene rings is 1. The van der Waals surface area contributed by atoms with Gasteiger partial charge in [0.05, 0.1) is 12.6 Å². The normalized spacial score (nSPS) is 16.8. The second-order valence-corrected chi connectivity index (χ2v) is 7.26. The number of hydrogen-bond donors (Lipinski definition) is 1. The Morgan fingerprint density at radius 2 is 1.97 bits per heavy atom. The van der Waals surface area contributed by atoms with Crippen LogP contribution in [0.15, 0.2) is 42.7 Å². The zero-order valence-electron chi connectivity index (χ0n) is 17.7. The van der Waals surface area contributed by atoms with Crippen LogP contribution in [0.3, 0.4) is 0 Å². The lowest BCUT2D eigenvalue weighted by molar-refractivity contribution is -0.143. The molecule has 1 fully saturated rings. The molecule has 30 heavy (non-hydrogen) atoms. The number of nitrogens with zero attached hydrogens (tertiary/aromatic N) is 4. The molecule has 3 rings (SSSR count). The molecule has 0 bridgehead atoms. The minimum atomic E-state index is -0.437. The molecule has 1 aromatic heterocycles. The summed E-state index contributed by atoms with van der Waals surface area (Å²) in [5, 5.41) is 7.49. The maximum atomic E-state index is 13.0. The monoisotopic (exact) mass is 455 g/mol. The number of aromatic nitrogens is 2. The predicted molar refractivity (Wildman–Crippen MR) is 122 cm³/mol. The second kappa shape index (κ2) is 11.9. The van der Waals surface area contributed by atoms with E-state index in [1.807, 2.05) is 4.90 Å². The van der Waals surface area contributed by atoms with E-state index in [-0.39, 0.29) is 49.2 Å². The number of hydrogen-bond acceptors (Lipinski definition) is 4. The molecule has 9 heteroatoms. The molecule has 1 aromatic carbocycles. The Kier molecular flexibility index (Phi) is 10.3. The lowest BCUT2D eigenvalue weighted by Crippen LogP contribution is -2.52. The largest absolute Gasteiger partial charge is 0.335 e. The smallest absolute Gasteiger partial charge is 0.247 e. The van der Waals surface area contributed by atoms with Crippen LogP contribution in [-0.2, 0) is 16.0 Å². The van der Waals surface area contributed by atoms with Crippen molar-refractivity contribution in [2.75, 3.05) is 33.2 Å². The van der Waals surface area contributed by atoms with Crippen LogP contribution >= 0.6 is 24.8 Å². The molecule has 7 nitrogen and oxygen atoms in total. The molecule has 2 aromatic rings. The molecule has 2 amide bonds. The first-order valence-electron chi connectivity index (χ1n) is 9.84. The summed E-state index contributed by atoms with van der Waals surface area (Å²) in [5.74, 6) is -0.161. The third-order valence-electron chi connectivity index (χ3n) is 5.36. The summed E-state index contributed by atoms with van der Waals surface area (Å²) >= 11 is 0. The lowest BCUT2D eigenvalue weighted by atomic mass is 10.0. The fourth-order valence-electron chi connectivity index (χ4n) is 3.59. The van der Waals surface area contributed by atoms with Crippen LogP contribution < -0.4 is 5.32 Å². The van der Waals surface area contributed by atoms with Gasteiger partial charge < -0.3 is 15.1 Å². The van der Waals surface area contributed by atoms with E-state index in [2.05, 4.69) is 41.6 Å². The van der Waals surface area contributed by atoms with E-state index in [0.717, 1.165) is 25.1 Å². The molecule has 1 saturated heterocycles. The van der Waals surface area contributed by atoms with Crippen molar-refractivity contribution in [3.8, 4) is 0 Å². The van der Waals surface area contributed by atoms with E-state index in [9.17, 15) is 9.59 Å². The van der Waals surface area contributed by atoms with Crippen LogP contribution in [0.1, 0.15) is 37.1 Å². The van der Waals surface area contributed by atoms with Crippen molar-refractivity contribution in [2.24, 2.45) is 0 Å². The maximum absolute atomic E-state index is 13.0. The van der Waals surface area contributed by atoms with Crippen molar-refractivity contribution in [3.63, 3.8) is 0 Å². The molecular weight excluding hydrogens is 425 g/mol. The standard InChI is InChI=1S/C21H29N5O2.2ClH/c1-4-17-6-8-18(9-7-17)19-14-22-11-13-25(19)20(27)15-24(3)21(28)16(2)26-12-5-10-23-26;;/h5-10,12,16,19,22H,4,11,13-15H2,1-3H3;2*1H. The Morgan fingerprint density at radius 1 is 1.27 bits per heavy atom. The highest BCUT2D eigenvalue weighted by Gasteiger charge is 2.30. The highest BCUT2D eigenvalue weighted by atomic mass is 35.5. The minimum Gasteiger partial charge on any atom is -0.335 e. The van der Waals surface area contributed by atoms with E-state index in [4.69, 9.17) is 0 Å². The number of rotatable bonds is 6. The number of amides is 2. The predicted octanol–water partition coefficient (Wildman–Crippen LogP) is 2.48. The molecule has 2 heterocycles. The maximum Gasteiger partial charge on any atom is 0.247 e. The quantitative estimate of drug-likeness (QED) is 0.725. The first-order chi connectivity index (χ1) is 13.5. The van der Waals surface area contributed by atoms with Crippen LogP contribution in [0.25, 0.3) is 0 Å². The summed E-state index contributed by atoms with van der Waals surface area (Å²) in [5.41, 5.74) is 2.40. The zero-order chi connectivity index (χ0) is 20.1. The number of aryl methyl sites for hydroxylation is 1. The van der Waals surface area contributed by atoms with Crippen molar-refractivity contribution in [2.45, 2.75) is 32.4 Å². The van der Waals surface area contributed by atoms with Crippen LogP contribution in [0.4, 0.5) is 0 Å². The number of piperazine rings is 1. The molecule has 1 N–H and O–H groups in total. The van der Waals surface area contributed by atoms with E-state index in [0.29, 0.717) is 6.54 Å². The van der Waals surface area contributed by atoms with E-state index < -0.39 is 6.04 Å². The fourth-order valence-corrected chi connectivity index (χ4v) is 3.59. The molecule has 0 aliphatic carbocycles. The van der Waals surface area contributed by atoms with Gasteiger partial charge >= 0.3 is 0 Å². The van der Waals surface area contributed by atoms with Gasteiger partial charge in [0, 0.05) is 39.1 Å². The van der Waals surface area contributed by atoms with Crippen molar-refractivity contribution in [1.29, 1.82) is 0 Å². The highest BCUT2D eigenvalue weighted by molar-refractivity contribution is 5.86. The van der Waals surface area contributed by atoms with Gasteiger partial charge in [-0.1, -0.05) is 31.2 Å². The van der Waals surface area contributed by atoms with Gasteiger partial charge in [-0.15, -0.1) is 24.8 Å². The summed E-state index contributed by atoms with van der Waals surface area (Å²) in [6, 6.07) is 9.77. The average molecular weight is 456 g/mol. The van der Waals surface area contributed by atoms with Gasteiger partial charge in [0.1, 0.15) is 6.04 Å². The summed E-state index contributed by atoms with van der Waals surface area (Å²) < 4.78 is 1.60. The molecular formula is C21H31Cl2N5O2. The molecule has 0 spiro atoms. The first kappa shape index (κ1) is 25.9. The summed E-state index contributed by atoms with van der Waals surface area (Å²) in [7, 11) is 1.67. The van der Waals surface area contributed by atoms with Gasteiger partial charge in [-0.25, -0.2) is 0 Å². The molecule has 0 radical (unpaired) electrons. The number of carbonyl (C=O) groups excluding carboxylic acids is 2. The highest BCUT2D eigenvalue weighted by Crippen LogP contribution is 2.23. The Bertz CT molecular complexity index is 798. The van der Waals surface area contributed by atoms with Crippen LogP contribution in [0.2, 0.25) is 0 Å². The van der Waals surface area contributed by atoms with Crippen molar-refractivity contribution in [1.82, 2.24) is 24.9 Å². The lowest BCUT2D eigenvalue weighted by Gasteiger charge is -2.37. The minimum absolute atomic E-state index is 0. The van der Waals surface area contributed by atoms with Crippen molar-refractivity contribution >= 4 is 36.6 Å². The van der Waals surface area contributed by atoms with E-state index in [1.54, 1.807) is 37.1 Å². The summed E-state index contributed by atoms with van der Waals surface area (Å²) in [6.45, 7) is 6.10.